The van der Waals surface area contributed by atoms with Crippen molar-refractivity contribution in [2.75, 3.05) is 6.26 Å². The Morgan fingerprint density at radius 1 is 1.00 bits per heavy atom. The fraction of sp³-hybridized carbons (Fsp3) is 0.133. The highest BCUT2D eigenvalue weighted by atomic mass is 32.2. The van der Waals surface area contributed by atoms with Crippen molar-refractivity contribution in [1.82, 2.24) is 10.9 Å². The number of nitrogens with one attached hydrogen (secondary N) is 2. The van der Waals surface area contributed by atoms with Crippen LogP contribution in [0.15, 0.2) is 41.3 Å². The first-order valence-corrected chi connectivity index (χ1v) is 8.65. The molecule has 0 atom stereocenters. The van der Waals surface area contributed by atoms with Crippen LogP contribution in [0.4, 0.5) is 0 Å². The highest BCUT2D eigenvalue weighted by molar-refractivity contribution is 7.90. The van der Waals surface area contributed by atoms with E-state index in [4.69, 9.17) is 0 Å². The molecule has 2 aromatic rings. The number of hydrogen-bond acceptors (Lipinski definition) is 7. The number of aromatic hydroxyl groups is 3. The van der Waals surface area contributed by atoms with Crippen molar-refractivity contribution < 1.29 is 28.5 Å². The lowest BCUT2D eigenvalue weighted by atomic mass is 10.1. The van der Waals surface area contributed by atoms with Crippen molar-refractivity contribution in [3.05, 3.63) is 47.5 Å². The second-order valence-electron chi connectivity index (χ2n) is 5.05. The number of sulfone groups is 1. The summed E-state index contributed by atoms with van der Waals surface area (Å²) in [7, 11) is -3.33. The highest BCUT2D eigenvalue weighted by Crippen LogP contribution is 2.36. The predicted molar refractivity (Wildman–Crippen MR) is 85.3 cm³/mol. The van der Waals surface area contributed by atoms with Crippen LogP contribution in [0.3, 0.4) is 0 Å². The Morgan fingerprint density at radius 3 is 2.21 bits per heavy atom. The number of carbonyl (C=O) groups is 1. The van der Waals surface area contributed by atoms with E-state index in [1.807, 2.05) is 0 Å². The molecule has 0 saturated carbocycles. The molecule has 24 heavy (non-hydrogen) atoms. The van der Waals surface area contributed by atoms with Gasteiger partial charge in [0, 0.05) is 23.9 Å². The number of benzene rings is 2. The number of hydrazine groups is 1. The van der Waals surface area contributed by atoms with Crippen LogP contribution in [0.2, 0.25) is 0 Å². The zero-order valence-corrected chi connectivity index (χ0v) is 13.5. The van der Waals surface area contributed by atoms with Gasteiger partial charge in [0.2, 0.25) is 5.75 Å². The molecule has 0 aliphatic carbocycles. The standard InChI is InChI=1S/C15H16N2O6S/c1-24(22,23)11-5-2-9(3-6-11)15(21)17-16-8-10-4-7-12(18)14(20)13(10)19/h2-7,16,18-20H,8H2,1H3,(H,17,21). The summed E-state index contributed by atoms with van der Waals surface area (Å²) < 4.78 is 22.7. The van der Waals surface area contributed by atoms with Gasteiger partial charge in [0.25, 0.3) is 5.91 Å². The molecule has 0 saturated heterocycles. The Morgan fingerprint density at radius 2 is 1.62 bits per heavy atom. The zero-order chi connectivity index (χ0) is 17.9. The molecule has 128 valence electrons. The van der Waals surface area contributed by atoms with E-state index < -0.39 is 33.0 Å². The van der Waals surface area contributed by atoms with Gasteiger partial charge in [0.1, 0.15) is 0 Å². The topological polar surface area (TPSA) is 136 Å². The highest BCUT2D eigenvalue weighted by Gasteiger charge is 2.12. The van der Waals surface area contributed by atoms with Crippen LogP contribution in [-0.4, -0.2) is 35.9 Å². The van der Waals surface area contributed by atoms with Crippen LogP contribution in [0, 0.1) is 0 Å². The number of phenolic OH excluding ortho intramolecular Hbond substituents is 3. The minimum atomic E-state index is -3.33. The van der Waals surface area contributed by atoms with Gasteiger partial charge in [-0.1, -0.05) is 6.07 Å². The Balaban J connectivity index is 1.98. The Labute approximate surface area is 138 Å². The monoisotopic (exact) mass is 352 g/mol. The second-order valence-corrected chi connectivity index (χ2v) is 7.06. The fourth-order valence-corrected chi connectivity index (χ4v) is 2.53. The molecular weight excluding hydrogens is 336 g/mol. The molecule has 0 aromatic heterocycles. The van der Waals surface area contributed by atoms with Gasteiger partial charge in [-0.15, -0.1) is 0 Å². The molecular formula is C15H16N2O6S. The lowest BCUT2D eigenvalue weighted by Crippen LogP contribution is -2.36. The molecule has 9 heteroatoms. The second kappa shape index (κ2) is 6.77. The van der Waals surface area contributed by atoms with Gasteiger partial charge in [-0.05, 0) is 30.3 Å². The van der Waals surface area contributed by atoms with Gasteiger partial charge in [-0.3, -0.25) is 10.2 Å². The Hall–Kier alpha value is -2.78. The van der Waals surface area contributed by atoms with Gasteiger partial charge in [-0.25, -0.2) is 13.8 Å². The summed E-state index contributed by atoms with van der Waals surface area (Å²) in [6.45, 7) is -0.00711. The maximum atomic E-state index is 11.9. The lowest BCUT2D eigenvalue weighted by Gasteiger charge is -2.10. The van der Waals surface area contributed by atoms with Gasteiger partial charge in [-0.2, -0.15) is 0 Å². The predicted octanol–water partition coefficient (Wildman–Crippen LogP) is 0.641. The van der Waals surface area contributed by atoms with E-state index in [-0.39, 0.29) is 22.6 Å². The molecule has 2 rings (SSSR count). The summed E-state index contributed by atoms with van der Waals surface area (Å²) in [6, 6.07) is 7.99. The third kappa shape index (κ3) is 3.94. The maximum Gasteiger partial charge on any atom is 0.265 e. The molecule has 1 amide bonds. The third-order valence-corrected chi connectivity index (χ3v) is 4.37. The number of carbonyl (C=O) groups excluding carboxylic acids is 1. The summed E-state index contributed by atoms with van der Waals surface area (Å²) >= 11 is 0. The number of amides is 1. The number of hydrogen-bond donors (Lipinski definition) is 5. The van der Waals surface area contributed by atoms with Crippen molar-refractivity contribution in [3.8, 4) is 17.2 Å². The average Bonchev–Trinajstić information content (AvgIpc) is 2.54. The largest absolute Gasteiger partial charge is 0.504 e. The quantitative estimate of drug-likeness (QED) is 0.393. The van der Waals surface area contributed by atoms with Crippen molar-refractivity contribution >= 4 is 15.7 Å². The molecule has 0 heterocycles. The van der Waals surface area contributed by atoms with Gasteiger partial charge < -0.3 is 15.3 Å². The summed E-state index contributed by atoms with van der Waals surface area (Å²) in [6.07, 6.45) is 1.07. The van der Waals surface area contributed by atoms with Crippen LogP contribution in [0.25, 0.3) is 0 Å². The minimum absolute atomic E-state index is 0.00711. The summed E-state index contributed by atoms with van der Waals surface area (Å²) in [5, 5.41) is 28.3. The molecule has 0 unspecified atom stereocenters. The average molecular weight is 352 g/mol. The van der Waals surface area contributed by atoms with Crippen LogP contribution in [0.5, 0.6) is 17.2 Å². The van der Waals surface area contributed by atoms with Crippen molar-refractivity contribution in [2.45, 2.75) is 11.4 Å². The van der Waals surface area contributed by atoms with Gasteiger partial charge >= 0.3 is 0 Å². The minimum Gasteiger partial charge on any atom is -0.504 e. The van der Waals surface area contributed by atoms with Gasteiger partial charge in [0.15, 0.2) is 21.3 Å². The normalized spacial score (nSPS) is 11.2. The van der Waals surface area contributed by atoms with Crippen LogP contribution >= 0.6 is 0 Å². The third-order valence-electron chi connectivity index (χ3n) is 3.24. The first-order chi connectivity index (χ1) is 11.2. The van der Waals surface area contributed by atoms with Crippen molar-refractivity contribution in [1.29, 1.82) is 0 Å². The van der Waals surface area contributed by atoms with E-state index in [9.17, 15) is 28.5 Å². The number of phenols is 3. The van der Waals surface area contributed by atoms with Crippen molar-refractivity contribution in [2.24, 2.45) is 0 Å². The first kappa shape index (κ1) is 17.6. The van der Waals surface area contributed by atoms with E-state index in [0.29, 0.717) is 0 Å². The van der Waals surface area contributed by atoms with E-state index in [1.54, 1.807) is 0 Å². The first-order valence-electron chi connectivity index (χ1n) is 6.76. The molecule has 0 spiro atoms. The van der Waals surface area contributed by atoms with Crippen LogP contribution in [-0.2, 0) is 16.4 Å². The smallest absolute Gasteiger partial charge is 0.265 e. The molecule has 5 N–H and O–H groups in total. The molecule has 8 nitrogen and oxygen atoms in total. The van der Waals surface area contributed by atoms with Crippen LogP contribution in [0.1, 0.15) is 15.9 Å². The van der Waals surface area contributed by atoms with E-state index >= 15 is 0 Å². The summed E-state index contributed by atoms with van der Waals surface area (Å²) in [5.74, 6) is -2.09. The molecule has 0 aliphatic rings. The Kier molecular flexibility index (Phi) is 4.96. The fourth-order valence-electron chi connectivity index (χ4n) is 1.90. The lowest BCUT2D eigenvalue weighted by molar-refractivity contribution is 0.0932. The zero-order valence-electron chi connectivity index (χ0n) is 12.6. The van der Waals surface area contributed by atoms with Crippen molar-refractivity contribution in [3.63, 3.8) is 0 Å². The maximum absolute atomic E-state index is 11.9. The number of rotatable bonds is 5. The summed E-state index contributed by atoms with van der Waals surface area (Å²) in [5.41, 5.74) is 5.44. The Bertz CT molecular complexity index is 862. The van der Waals surface area contributed by atoms with E-state index in [1.165, 1.54) is 36.4 Å². The van der Waals surface area contributed by atoms with E-state index in [0.717, 1.165) is 6.26 Å². The molecule has 0 radical (unpaired) electrons. The molecule has 0 fully saturated rings. The SMILES string of the molecule is CS(=O)(=O)c1ccc(C(=O)NNCc2ccc(O)c(O)c2O)cc1. The molecule has 2 aromatic carbocycles. The van der Waals surface area contributed by atoms with E-state index in [2.05, 4.69) is 10.9 Å². The van der Waals surface area contributed by atoms with Crippen LogP contribution < -0.4 is 10.9 Å². The molecule has 0 bridgehead atoms. The molecule has 0 aliphatic heterocycles. The summed E-state index contributed by atoms with van der Waals surface area (Å²) in [4.78, 5) is 12.0. The van der Waals surface area contributed by atoms with Gasteiger partial charge in [0.05, 0.1) is 4.90 Å².